The molecule has 1 unspecified atom stereocenters. The molecule has 0 radical (unpaired) electrons. The third kappa shape index (κ3) is 4.24. The van der Waals surface area contributed by atoms with Gasteiger partial charge in [0, 0.05) is 45.1 Å². The lowest BCUT2D eigenvalue weighted by molar-refractivity contribution is -0.140. The van der Waals surface area contributed by atoms with E-state index in [1.165, 1.54) is 0 Å². The van der Waals surface area contributed by atoms with Crippen LogP contribution < -0.4 is 0 Å². The second-order valence-electron chi connectivity index (χ2n) is 7.58. The molecule has 1 spiro atoms. The van der Waals surface area contributed by atoms with Crippen LogP contribution in [0.1, 0.15) is 41.6 Å². The second-order valence-corrected chi connectivity index (χ2v) is 7.58. The van der Waals surface area contributed by atoms with Crippen molar-refractivity contribution in [1.82, 2.24) is 9.80 Å². The number of hydrogen-bond acceptors (Lipinski definition) is 4. The van der Waals surface area contributed by atoms with Crippen LogP contribution in [0.3, 0.4) is 0 Å². The van der Waals surface area contributed by atoms with Crippen LogP contribution >= 0.6 is 0 Å². The highest BCUT2D eigenvalue weighted by Gasteiger charge is 2.41. The van der Waals surface area contributed by atoms with Crippen molar-refractivity contribution in [1.29, 1.82) is 0 Å². The van der Waals surface area contributed by atoms with Crippen LogP contribution in [-0.4, -0.2) is 66.7 Å². The maximum Gasteiger partial charge on any atom is 0.336 e. The first-order valence-corrected chi connectivity index (χ1v) is 9.33. The molecule has 2 heterocycles. The first-order valence-electron chi connectivity index (χ1n) is 9.33. The summed E-state index contributed by atoms with van der Waals surface area (Å²) in [6.45, 7) is 4.54. The monoisotopic (exact) mass is 360 g/mol. The topological polar surface area (TPSA) is 70.1 Å². The predicted molar refractivity (Wildman–Crippen MR) is 98.0 cm³/mol. The third-order valence-electron chi connectivity index (χ3n) is 5.70. The number of likely N-dealkylation sites (tertiary alicyclic amines) is 2. The fraction of sp³-hybridized carbons (Fsp3) is 0.600. The number of carboxylic acids is 1. The van der Waals surface area contributed by atoms with Crippen molar-refractivity contribution >= 4 is 11.9 Å². The zero-order valence-electron chi connectivity index (χ0n) is 15.4. The van der Waals surface area contributed by atoms with Gasteiger partial charge in [-0.05, 0) is 37.4 Å². The number of benzene rings is 1. The molecule has 0 saturated carbocycles. The van der Waals surface area contributed by atoms with E-state index >= 15 is 0 Å². The number of amides is 1. The average Bonchev–Trinajstić information content (AvgIpc) is 2.63. The highest BCUT2D eigenvalue weighted by atomic mass is 16.5. The van der Waals surface area contributed by atoms with E-state index < -0.39 is 5.97 Å². The number of carboxylic acid groups (broad SMARTS) is 1. The van der Waals surface area contributed by atoms with Crippen LogP contribution in [-0.2, 0) is 16.1 Å². The van der Waals surface area contributed by atoms with E-state index in [1.807, 2.05) is 17.0 Å². The third-order valence-corrected chi connectivity index (χ3v) is 5.70. The van der Waals surface area contributed by atoms with E-state index in [0.29, 0.717) is 31.7 Å². The van der Waals surface area contributed by atoms with Crippen LogP contribution in [0.15, 0.2) is 24.3 Å². The Hall–Kier alpha value is -1.92. The van der Waals surface area contributed by atoms with Crippen molar-refractivity contribution in [2.45, 2.75) is 32.2 Å². The number of rotatable bonds is 6. The molecule has 1 atom stereocenters. The average molecular weight is 360 g/mol. The van der Waals surface area contributed by atoms with Gasteiger partial charge in [0.15, 0.2) is 0 Å². The number of carbonyl (C=O) groups is 2. The summed E-state index contributed by atoms with van der Waals surface area (Å²) >= 11 is 0. The van der Waals surface area contributed by atoms with Crippen LogP contribution in [0.2, 0.25) is 0 Å². The van der Waals surface area contributed by atoms with Gasteiger partial charge < -0.3 is 14.7 Å². The molecule has 0 bridgehead atoms. The van der Waals surface area contributed by atoms with Gasteiger partial charge in [-0.25, -0.2) is 4.79 Å². The molecule has 26 heavy (non-hydrogen) atoms. The summed E-state index contributed by atoms with van der Waals surface area (Å²) in [5, 5.41) is 9.41. The van der Waals surface area contributed by atoms with Crippen LogP contribution in [0.25, 0.3) is 0 Å². The zero-order valence-corrected chi connectivity index (χ0v) is 15.4. The molecule has 2 aliphatic heterocycles. The Morgan fingerprint density at radius 3 is 2.85 bits per heavy atom. The Balaban J connectivity index is 1.69. The Morgan fingerprint density at radius 1 is 1.27 bits per heavy atom. The molecule has 6 heteroatoms. The molecule has 0 aromatic heterocycles. The largest absolute Gasteiger partial charge is 0.478 e. The summed E-state index contributed by atoms with van der Waals surface area (Å²) in [6.07, 6.45) is 3.73. The molecule has 1 aromatic carbocycles. The Labute approximate surface area is 154 Å². The maximum absolute atomic E-state index is 12.2. The lowest BCUT2D eigenvalue weighted by atomic mass is 9.73. The van der Waals surface area contributed by atoms with Crippen molar-refractivity contribution in [3.05, 3.63) is 35.4 Å². The molecule has 1 amide bonds. The zero-order chi connectivity index (χ0) is 18.6. The summed E-state index contributed by atoms with van der Waals surface area (Å²) < 4.78 is 5.14. The van der Waals surface area contributed by atoms with Gasteiger partial charge in [0.1, 0.15) is 0 Å². The maximum atomic E-state index is 12.2. The first-order chi connectivity index (χ1) is 12.5. The standard InChI is InChI=1S/C20H28N2O4/c1-26-12-11-22-15-20(9-7-18(22)23)8-4-10-21(14-20)13-16-5-2-3-6-17(16)19(24)25/h2-3,5-6H,4,7-15H2,1H3,(H,24,25). The van der Waals surface area contributed by atoms with E-state index in [-0.39, 0.29) is 11.3 Å². The van der Waals surface area contributed by atoms with Gasteiger partial charge in [-0.1, -0.05) is 18.2 Å². The minimum absolute atomic E-state index is 0.123. The lowest BCUT2D eigenvalue weighted by Gasteiger charge is -2.48. The van der Waals surface area contributed by atoms with Crippen molar-refractivity contribution in [3.63, 3.8) is 0 Å². The van der Waals surface area contributed by atoms with E-state index in [9.17, 15) is 14.7 Å². The quantitative estimate of drug-likeness (QED) is 0.842. The van der Waals surface area contributed by atoms with Crippen LogP contribution in [0.4, 0.5) is 0 Å². The first kappa shape index (κ1) is 18.9. The fourth-order valence-electron chi connectivity index (χ4n) is 4.39. The summed E-state index contributed by atoms with van der Waals surface area (Å²) in [5.74, 6) is -0.651. The Kier molecular flexibility index (Phi) is 5.94. The molecular formula is C20H28N2O4. The van der Waals surface area contributed by atoms with Gasteiger partial charge in [-0.3, -0.25) is 9.69 Å². The van der Waals surface area contributed by atoms with E-state index in [2.05, 4.69) is 4.90 Å². The number of hydrogen-bond donors (Lipinski definition) is 1. The molecule has 2 saturated heterocycles. The lowest BCUT2D eigenvalue weighted by Crippen LogP contribution is -2.54. The van der Waals surface area contributed by atoms with Crippen molar-refractivity contribution in [2.24, 2.45) is 5.41 Å². The predicted octanol–water partition coefficient (Wildman–Crippen LogP) is 2.24. The summed E-state index contributed by atoms with van der Waals surface area (Å²) in [6, 6.07) is 7.24. The van der Waals surface area contributed by atoms with Gasteiger partial charge in [0.05, 0.1) is 12.2 Å². The van der Waals surface area contributed by atoms with E-state index in [4.69, 9.17) is 4.74 Å². The Bertz CT molecular complexity index is 663. The van der Waals surface area contributed by atoms with Gasteiger partial charge in [-0.15, -0.1) is 0 Å². The molecular weight excluding hydrogens is 332 g/mol. The van der Waals surface area contributed by atoms with Gasteiger partial charge in [-0.2, -0.15) is 0 Å². The minimum atomic E-state index is -0.874. The summed E-state index contributed by atoms with van der Waals surface area (Å²) in [5.41, 5.74) is 1.37. The second kappa shape index (κ2) is 8.18. The molecule has 2 aliphatic rings. The van der Waals surface area contributed by atoms with Gasteiger partial charge in [0.2, 0.25) is 5.91 Å². The van der Waals surface area contributed by atoms with Gasteiger partial charge >= 0.3 is 5.97 Å². The number of piperidine rings is 2. The highest BCUT2D eigenvalue weighted by Crippen LogP contribution is 2.39. The van der Waals surface area contributed by atoms with Crippen molar-refractivity contribution < 1.29 is 19.4 Å². The normalized spacial score (nSPS) is 24.2. The number of carbonyl (C=O) groups excluding carboxylic acids is 1. The molecule has 0 aliphatic carbocycles. The molecule has 1 aromatic rings. The van der Waals surface area contributed by atoms with Crippen LogP contribution in [0, 0.1) is 5.41 Å². The number of aromatic carboxylic acids is 1. The number of nitrogens with zero attached hydrogens (tertiary/aromatic N) is 2. The van der Waals surface area contributed by atoms with Crippen molar-refractivity contribution in [3.8, 4) is 0 Å². The molecule has 6 nitrogen and oxygen atoms in total. The SMILES string of the molecule is COCCN1CC2(CCCN(Cc3ccccc3C(=O)O)C2)CCC1=O. The van der Waals surface area contributed by atoms with Crippen molar-refractivity contribution in [2.75, 3.05) is 39.9 Å². The molecule has 142 valence electrons. The molecule has 2 fully saturated rings. The summed E-state index contributed by atoms with van der Waals surface area (Å²) in [4.78, 5) is 28.0. The highest BCUT2D eigenvalue weighted by molar-refractivity contribution is 5.89. The number of ether oxygens (including phenoxy) is 1. The molecule has 3 rings (SSSR count). The van der Waals surface area contributed by atoms with E-state index in [1.54, 1.807) is 19.2 Å². The fourth-order valence-corrected chi connectivity index (χ4v) is 4.39. The number of methoxy groups -OCH3 is 1. The molecule has 1 N–H and O–H groups in total. The van der Waals surface area contributed by atoms with Gasteiger partial charge in [0.25, 0.3) is 0 Å². The van der Waals surface area contributed by atoms with Crippen LogP contribution in [0.5, 0.6) is 0 Å². The Morgan fingerprint density at radius 2 is 2.08 bits per heavy atom. The smallest absolute Gasteiger partial charge is 0.336 e. The minimum Gasteiger partial charge on any atom is -0.478 e. The summed E-state index contributed by atoms with van der Waals surface area (Å²) in [7, 11) is 1.66. The van der Waals surface area contributed by atoms with E-state index in [0.717, 1.165) is 44.5 Å².